The summed E-state index contributed by atoms with van der Waals surface area (Å²) in [5.41, 5.74) is 5.38. The van der Waals surface area contributed by atoms with Crippen LogP contribution in [0.1, 0.15) is 34.9 Å². The highest BCUT2D eigenvalue weighted by atomic mass is 16.5. The van der Waals surface area contributed by atoms with E-state index in [4.69, 9.17) is 4.52 Å². The van der Waals surface area contributed by atoms with E-state index in [1.807, 2.05) is 48.2 Å². The first-order valence-electron chi connectivity index (χ1n) is 8.80. The summed E-state index contributed by atoms with van der Waals surface area (Å²) < 4.78 is 5.49. The summed E-state index contributed by atoms with van der Waals surface area (Å²) in [7, 11) is 0. The summed E-state index contributed by atoms with van der Waals surface area (Å²) in [4.78, 5) is 18.9. The predicted octanol–water partition coefficient (Wildman–Crippen LogP) is 4.18. The fourth-order valence-electron chi connectivity index (χ4n) is 3.35. The van der Waals surface area contributed by atoms with Gasteiger partial charge in [-0.1, -0.05) is 35.5 Å². The molecule has 0 bridgehead atoms. The number of hydrogen-bond donors (Lipinski definition) is 0. The second-order valence-electron chi connectivity index (χ2n) is 6.95. The number of benzene rings is 2. The quantitative estimate of drug-likeness (QED) is 0.713. The van der Waals surface area contributed by atoms with Gasteiger partial charge >= 0.3 is 0 Å². The molecule has 1 aliphatic heterocycles. The number of hydrogen-bond acceptors (Lipinski definition) is 4. The molecule has 5 nitrogen and oxygen atoms in total. The average molecular weight is 347 g/mol. The van der Waals surface area contributed by atoms with Gasteiger partial charge in [0.05, 0.1) is 5.92 Å². The molecule has 1 atom stereocenters. The van der Waals surface area contributed by atoms with E-state index in [9.17, 15) is 4.79 Å². The highest BCUT2D eigenvalue weighted by Crippen LogP contribution is 2.33. The van der Waals surface area contributed by atoms with Crippen LogP contribution in [0.4, 0.5) is 5.69 Å². The van der Waals surface area contributed by atoms with Gasteiger partial charge in [0.2, 0.25) is 17.6 Å². The van der Waals surface area contributed by atoms with Crippen LogP contribution in [-0.4, -0.2) is 22.6 Å². The van der Waals surface area contributed by atoms with Crippen LogP contribution in [0.3, 0.4) is 0 Å². The van der Waals surface area contributed by atoms with Gasteiger partial charge in [-0.2, -0.15) is 4.98 Å². The predicted molar refractivity (Wildman–Crippen MR) is 100 cm³/mol. The summed E-state index contributed by atoms with van der Waals surface area (Å²) in [5.74, 6) is 1.13. The van der Waals surface area contributed by atoms with Crippen LogP contribution >= 0.6 is 0 Å². The van der Waals surface area contributed by atoms with Crippen molar-refractivity contribution in [2.24, 2.45) is 0 Å². The average Bonchev–Trinajstić information content (AvgIpc) is 3.25. The number of nitrogens with zero attached hydrogens (tertiary/aromatic N) is 3. The lowest BCUT2D eigenvalue weighted by atomic mass is 10.1. The fraction of sp³-hybridized carbons (Fsp3) is 0.286. The first kappa shape index (κ1) is 16.5. The molecule has 0 aliphatic carbocycles. The van der Waals surface area contributed by atoms with Gasteiger partial charge in [-0.15, -0.1) is 0 Å². The van der Waals surface area contributed by atoms with Gasteiger partial charge in [0.15, 0.2) is 0 Å². The standard InChI is InChI=1S/C21H21N3O2/c1-13-8-9-17(10-15(13)3)24-12-16(11-19(24)25)21-22-20(23-26-21)18-7-5-4-6-14(18)2/h4-10,16H,11-12H2,1-3H3/t16-/m1/s1. The van der Waals surface area contributed by atoms with Gasteiger partial charge in [0, 0.05) is 24.2 Å². The van der Waals surface area contributed by atoms with Crippen LogP contribution in [0.5, 0.6) is 0 Å². The highest BCUT2D eigenvalue weighted by molar-refractivity contribution is 5.96. The summed E-state index contributed by atoms with van der Waals surface area (Å²) in [6, 6.07) is 14.0. The van der Waals surface area contributed by atoms with Crippen molar-refractivity contribution >= 4 is 11.6 Å². The molecule has 0 radical (unpaired) electrons. The van der Waals surface area contributed by atoms with Crippen LogP contribution in [-0.2, 0) is 4.79 Å². The molecule has 3 aromatic rings. The van der Waals surface area contributed by atoms with Crippen LogP contribution in [0, 0.1) is 20.8 Å². The molecule has 1 aliphatic rings. The van der Waals surface area contributed by atoms with E-state index in [1.54, 1.807) is 0 Å². The van der Waals surface area contributed by atoms with Gasteiger partial charge in [-0.25, -0.2) is 0 Å². The Bertz CT molecular complexity index is 977. The molecule has 1 fully saturated rings. The van der Waals surface area contributed by atoms with E-state index in [1.165, 1.54) is 11.1 Å². The van der Waals surface area contributed by atoms with Crippen LogP contribution in [0.25, 0.3) is 11.4 Å². The second-order valence-corrected chi connectivity index (χ2v) is 6.95. The summed E-state index contributed by atoms with van der Waals surface area (Å²) in [6.45, 7) is 6.71. The molecule has 0 N–H and O–H groups in total. The molecule has 0 saturated carbocycles. The van der Waals surface area contributed by atoms with E-state index in [0.29, 0.717) is 24.7 Å². The second kappa shape index (κ2) is 6.41. The highest BCUT2D eigenvalue weighted by Gasteiger charge is 2.35. The third kappa shape index (κ3) is 2.90. The first-order chi connectivity index (χ1) is 12.5. The van der Waals surface area contributed by atoms with E-state index in [2.05, 4.69) is 30.1 Å². The minimum atomic E-state index is -0.0747. The van der Waals surface area contributed by atoms with Crippen molar-refractivity contribution in [3.63, 3.8) is 0 Å². The Balaban J connectivity index is 1.58. The maximum atomic E-state index is 12.5. The topological polar surface area (TPSA) is 59.2 Å². The Morgan fingerprint density at radius 2 is 1.85 bits per heavy atom. The molecular formula is C21H21N3O2. The van der Waals surface area contributed by atoms with Crippen LogP contribution in [0.2, 0.25) is 0 Å². The zero-order chi connectivity index (χ0) is 18.3. The first-order valence-corrected chi connectivity index (χ1v) is 8.80. The van der Waals surface area contributed by atoms with Crippen molar-refractivity contribution in [2.75, 3.05) is 11.4 Å². The van der Waals surface area contributed by atoms with E-state index < -0.39 is 0 Å². The molecule has 132 valence electrons. The monoisotopic (exact) mass is 347 g/mol. The van der Waals surface area contributed by atoms with Gasteiger partial charge in [0.25, 0.3) is 0 Å². The minimum Gasteiger partial charge on any atom is -0.339 e. The summed E-state index contributed by atoms with van der Waals surface area (Å²) in [6.07, 6.45) is 0.391. The molecule has 2 aromatic carbocycles. The summed E-state index contributed by atoms with van der Waals surface area (Å²) >= 11 is 0. The Morgan fingerprint density at radius 1 is 1.04 bits per heavy atom. The number of carbonyl (C=O) groups excluding carboxylic acids is 1. The van der Waals surface area contributed by atoms with Gasteiger partial charge in [-0.3, -0.25) is 4.79 Å². The van der Waals surface area contributed by atoms with Crippen LogP contribution < -0.4 is 4.90 Å². The Kier molecular flexibility index (Phi) is 4.07. The molecule has 1 amide bonds. The molecule has 1 aromatic heterocycles. The molecule has 2 heterocycles. The van der Waals surface area contributed by atoms with Crippen molar-refractivity contribution < 1.29 is 9.32 Å². The maximum Gasteiger partial charge on any atom is 0.232 e. The van der Waals surface area contributed by atoms with Crippen molar-refractivity contribution in [3.8, 4) is 11.4 Å². The molecular weight excluding hydrogens is 326 g/mol. The van der Waals surface area contributed by atoms with Crippen molar-refractivity contribution in [3.05, 3.63) is 65.0 Å². The van der Waals surface area contributed by atoms with Crippen molar-refractivity contribution in [2.45, 2.75) is 33.1 Å². The molecule has 26 heavy (non-hydrogen) atoms. The molecule has 0 spiro atoms. The van der Waals surface area contributed by atoms with Gasteiger partial charge in [0.1, 0.15) is 0 Å². The molecule has 4 rings (SSSR count). The number of amides is 1. The zero-order valence-corrected chi connectivity index (χ0v) is 15.2. The van der Waals surface area contributed by atoms with Crippen molar-refractivity contribution in [1.82, 2.24) is 10.1 Å². The Hall–Kier alpha value is -2.95. The lowest BCUT2D eigenvalue weighted by Gasteiger charge is -2.17. The number of aromatic nitrogens is 2. The van der Waals surface area contributed by atoms with Gasteiger partial charge < -0.3 is 9.42 Å². The summed E-state index contributed by atoms with van der Waals surface area (Å²) in [5, 5.41) is 4.12. The van der Waals surface area contributed by atoms with Crippen LogP contribution in [0.15, 0.2) is 47.0 Å². The number of aryl methyl sites for hydroxylation is 3. The SMILES string of the molecule is Cc1ccc(N2C[C@H](c3nc(-c4ccccc4C)no3)CC2=O)cc1C. The number of rotatable bonds is 3. The largest absolute Gasteiger partial charge is 0.339 e. The van der Waals surface area contributed by atoms with Gasteiger partial charge in [-0.05, 0) is 49.6 Å². The molecule has 0 unspecified atom stereocenters. The lowest BCUT2D eigenvalue weighted by molar-refractivity contribution is -0.117. The van der Waals surface area contributed by atoms with E-state index in [-0.39, 0.29) is 11.8 Å². The van der Waals surface area contributed by atoms with Crippen molar-refractivity contribution in [1.29, 1.82) is 0 Å². The normalized spacial score (nSPS) is 17.1. The number of carbonyl (C=O) groups is 1. The molecule has 1 saturated heterocycles. The van der Waals surface area contributed by atoms with E-state index in [0.717, 1.165) is 16.8 Å². The maximum absolute atomic E-state index is 12.5. The number of anilines is 1. The molecule has 5 heteroatoms. The zero-order valence-electron chi connectivity index (χ0n) is 15.2. The van der Waals surface area contributed by atoms with E-state index >= 15 is 0 Å². The minimum absolute atomic E-state index is 0.0747. The Morgan fingerprint density at radius 3 is 2.62 bits per heavy atom. The third-order valence-corrected chi connectivity index (χ3v) is 5.10. The fourth-order valence-corrected chi connectivity index (χ4v) is 3.35. The Labute approximate surface area is 152 Å². The lowest BCUT2D eigenvalue weighted by Crippen LogP contribution is -2.24. The smallest absolute Gasteiger partial charge is 0.232 e. The third-order valence-electron chi connectivity index (χ3n) is 5.10.